The van der Waals surface area contributed by atoms with Gasteiger partial charge in [0.05, 0.1) is 7.11 Å². The average molecular weight is 264 g/mol. The van der Waals surface area contributed by atoms with Gasteiger partial charge in [-0.15, -0.1) is 0 Å². The number of phenolic OH excluding ortho intramolecular Hbond substituents is 1. The maximum absolute atomic E-state index is 11.8. The summed E-state index contributed by atoms with van der Waals surface area (Å²) in [6.07, 6.45) is 0.413. The Bertz CT molecular complexity index is 515. The molecule has 1 aliphatic heterocycles. The third-order valence-electron chi connectivity index (χ3n) is 3.24. The van der Waals surface area contributed by atoms with E-state index in [-0.39, 0.29) is 23.1 Å². The molecule has 0 bridgehead atoms. The lowest BCUT2D eigenvalue weighted by Gasteiger charge is -2.17. The topological polar surface area (TPSA) is 92.9 Å². The highest BCUT2D eigenvalue weighted by atomic mass is 16.5. The first kappa shape index (κ1) is 13.4. The van der Waals surface area contributed by atoms with E-state index in [4.69, 9.17) is 5.73 Å². The predicted molar refractivity (Wildman–Crippen MR) is 69.0 cm³/mol. The summed E-state index contributed by atoms with van der Waals surface area (Å²) in [7, 11) is 1.24. The van der Waals surface area contributed by atoms with Gasteiger partial charge in [-0.25, -0.2) is 4.79 Å². The molecule has 0 spiro atoms. The Hall–Kier alpha value is -2.08. The number of hydrogen-bond donors (Lipinski definition) is 2. The van der Waals surface area contributed by atoms with Crippen LogP contribution in [0.3, 0.4) is 0 Å². The number of nitrogens with zero attached hydrogens (tertiary/aromatic N) is 1. The van der Waals surface area contributed by atoms with Crippen molar-refractivity contribution in [2.24, 2.45) is 11.7 Å². The van der Waals surface area contributed by atoms with E-state index < -0.39 is 5.97 Å². The van der Waals surface area contributed by atoms with Crippen LogP contribution in [0.1, 0.15) is 16.8 Å². The molecule has 1 atom stereocenters. The first-order valence-corrected chi connectivity index (χ1v) is 5.98. The van der Waals surface area contributed by atoms with E-state index in [9.17, 15) is 14.7 Å². The van der Waals surface area contributed by atoms with Crippen molar-refractivity contribution < 1.29 is 19.4 Å². The SMILES string of the molecule is COC(=O)c1ccc(N2CC(CN)CC2=O)cc1O. The van der Waals surface area contributed by atoms with Crippen molar-refractivity contribution in [2.45, 2.75) is 6.42 Å². The van der Waals surface area contributed by atoms with E-state index in [1.807, 2.05) is 0 Å². The molecule has 1 aromatic carbocycles. The number of aromatic hydroxyl groups is 1. The molecule has 1 aliphatic rings. The second kappa shape index (κ2) is 5.27. The van der Waals surface area contributed by atoms with Gasteiger partial charge in [0.1, 0.15) is 11.3 Å². The first-order valence-electron chi connectivity index (χ1n) is 5.98. The average Bonchev–Trinajstić information content (AvgIpc) is 2.79. The predicted octanol–water partition coefficient (Wildman–Crippen LogP) is 0.490. The molecule has 1 saturated heterocycles. The molecule has 1 fully saturated rings. The Kier molecular flexibility index (Phi) is 3.71. The van der Waals surface area contributed by atoms with E-state index in [1.165, 1.54) is 19.2 Å². The minimum Gasteiger partial charge on any atom is -0.507 e. The van der Waals surface area contributed by atoms with Crippen LogP contribution in [0.2, 0.25) is 0 Å². The van der Waals surface area contributed by atoms with Crippen molar-refractivity contribution in [3.8, 4) is 5.75 Å². The zero-order valence-corrected chi connectivity index (χ0v) is 10.6. The lowest BCUT2D eigenvalue weighted by Crippen LogP contribution is -2.25. The van der Waals surface area contributed by atoms with E-state index in [0.717, 1.165) is 0 Å². The van der Waals surface area contributed by atoms with Crippen LogP contribution in [0.4, 0.5) is 5.69 Å². The molecule has 3 N–H and O–H groups in total. The van der Waals surface area contributed by atoms with Crippen LogP contribution in [-0.4, -0.2) is 37.2 Å². The standard InChI is InChI=1S/C13H16N2O4/c1-19-13(18)10-3-2-9(5-11(10)16)15-7-8(6-14)4-12(15)17/h2-3,5,8,16H,4,6-7,14H2,1H3. The maximum Gasteiger partial charge on any atom is 0.341 e. The van der Waals surface area contributed by atoms with Crippen molar-refractivity contribution in [2.75, 3.05) is 25.1 Å². The van der Waals surface area contributed by atoms with E-state index in [1.54, 1.807) is 11.0 Å². The Balaban J connectivity index is 2.25. The van der Waals surface area contributed by atoms with Crippen LogP contribution in [0.15, 0.2) is 18.2 Å². The highest BCUT2D eigenvalue weighted by Crippen LogP contribution is 2.29. The summed E-state index contributed by atoms with van der Waals surface area (Å²) in [4.78, 5) is 24.7. The summed E-state index contributed by atoms with van der Waals surface area (Å²) >= 11 is 0. The molecule has 102 valence electrons. The van der Waals surface area contributed by atoms with Gasteiger partial charge in [-0.1, -0.05) is 0 Å². The quantitative estimate of drug-likeness (QED) is 0.775. The molecule has 19 heavy (non-hydrogen) atoms. The van der Waals surface area contributed by atoms with Gasteiger partial charge < -0.3 is 20.5 Å². The minimum absolute atomic E-state index is 0.0272. The van der Waals surface area contributed by atoms with Gasteiger partial charge in [0.2, 0.25) is 5.91 Å². The molecule has 0 saturated carbocycles. The number of carbonyl (C=O) groups is 2. The third-order valence-corrected chi connectivity index (χ3v) is 3.24. The monoisotopic (exact) mass is 264 g/mol. The third kappa shape index (κ3) is 2.53. The van der Waals surface area contributed by atoms with Crippen molar-refractivity contribution in [1.82, 2.24) is 0 Å². The number of rotatable bonds is 3. The second-order valence-corrected chi connectivity index (χ2v) is 4.50. The van der Waals surface area contributed by atoms with E-state index >= 15 is 0 Å². The van der Waals surface area contributed by atoms with Gasteiger partial charge in [0.15, 0.2) is 0 Å². The summed E-state index contributed by atoms with van der Waals surface area (Å²) in [6.45, 7) is 0.987. The first-order chi connectivity index (χ1) is 9.06. The number of phenols is 1. The molecular weight excluding hydrogens is 248 g/mol. The summed E-state index contributed by atoms with van der Waals surface area (Å²) in [5.74, 6) is -0.708. The van der Waals surface area contributed by atoms with Gasteiger partial charge in [-0.2, -0.15) is 0 Å². The van der Waals surface area contributed by atoms with Crippen LogP contribution in [0.5, 0.6) is 5.75 Å². The Morgan fingerprint density at radius 3 is 2.84 bits per heavy atom. The highest BCUT2D eigenvalue weighted by Gasteiger charge is 2.30. The number of carbonyl (C=O) groups excluding carboxylic acids is 2. The summed E-state index contributed by atoms with van der Waals surface area (Å²) < 4.78 is 4.54. The molecule has 1 heterocycles. The molecule has 6 heteroatoms. The lowest BCUT2D eigenvalue weighted by atomic mass is 10.1. The van der Waals surface area contributed by atoms with Crippen LogP contribution >= 0.6 is 0 Å². The van der Waals surface area contributed by atoms with Crippen LogP contribution < -0.4 is 10.6 Å². The van der Waals surface area contributed by atoms with Crippen molar-refractivity contribution in [1.29, 1.82) is 0 Å². The van der Waals surface area contributed by atoms with Gasteiger partial charge in [0.25, 0.3) is 0 Å². The van der Waals surface area contributed by atoms with E-state index in [0.29, 0.717) is 25.2 Å². The van der Waals surface area contributed by atoms with Crippen LogP contribution in [0, 0.1) is 5.92 Å². The van der Waals surface area contributed by atoms with Crippen molar-refractivity contribution >= 4 is 17.6 Å². The highest BCUT2D eigenvalue weighted by molar-refractivity contribution is 5.98. The number of benzene rings is 1. The van der Waals surface area contributed by atoms with Crippen LogP contribution in [-0.2, 0) is 9.53 Å². The number of ether oxygens (including phenoxy) is 1. The summed E-state index contributed by atoms with van der Waals surface area (Å²) in [5.41, 5.74) is 6.20. The molecule has 1 unspecified atom stereocenters. The van der Waals surface area contributed by atoms with Gasteiger partial charge in [-0.3, -0.25) is 4.79 Å². The van der Waals surface area contributed by atoms with Gasteiger partial charge >= 0.3 is 5.97 Å². The lowest BCUT2D eigenvalue weighted by molar-refractivity contribution is -0.117. The second-order valence-electron chi connectivity index (χ2n) is 4.50. The number of methoxy groups -OCH3 is 1. The zero-order chi connectivity index (χ0) is 14.0. The summed E-state index contributed by atoms with van der Waals surface area (Å²) in [6, 6.07) is 4.45. The van der Waals surface area contributed by atoms with Gasteiger partial charge in [-0.05, 0) is 24.6 Å². The maximum atomic E-state index is 11.8. The van der Waals surface area contributed by atoms with Crippen LogP contribution in [0.25, 0.3) is 0 Å². The molecule has 2 rings (SSSR count). The molecule has 1 amide bonds. The molecule has 0 aliphatic carbocycles. The number of amides is 1. The molecule has 0 radical (unpaired) electrons. The Labute approximate surface area is 110 Å². The molecule has 0 aromatic heterocycles. The summed E-state index contributed by atoms with van der Waals surface area (Å²) in [5, 5.41) is 9.80. The fourth-order valence-electron chi connectivity index (χ4n) is 2.16. The van der Waals surface area contributed by atoms with Crippen molar-refractivity contribution in [3.05, 3.63) is 23.8 Å². The zero-order valence-electron chi connectivity index (χ0n) is 10.6. The number of anilines is 1. The fourth-order valence-corrected chi connectivity index (χ4v) is 2.16. The van der Waals surface area contributed by atoms with Gasteiger partial charge in [0, 0.05) is 24.7 Å². The fraction of sp³-hybridized carbons (Fsp3) is 0.385. The normalized spacial score (nSPS) is 18.7. The number of nitrogens with two attached hydrogens (primary N) is 1. The Morgan fingerprint density at radius 1 is 1.58 bits per heavy atom. The molecule has 1 aromatic rings. The number of hydrogen-bond acceptors (Lipinski definition) is 5. The Morgan fingerprint density at radius 2 is 2.32 bits per heavy atom. The molecule has 6 nitrogen and oxygen atoms in total. The largest absolute Gasteiger partial charge is 0.507 e. The minimum atomic E-state index is -0.614. The molecular formula is C13H16N2O4. The number of esters is 1. The van der Waals surface area contributed by atoms with E-state index in [2.05, 4.69) is 4.74 Å². The van der Waals surface area contributed by atoms with Crippen molar-refractivity contribution in [3.63, 3.8) is 0 Å². The smallest absolute Gasteiger partial charge is 0.341 e.